The van der Waals surface area contributed by atoms with Gasteiger partial charge in [-0.1, -0.05) is 19.8 Å². The molecule has 0 bridgehead atoms. The smallest absolute Gasteiger partial charge is 0.0178 e. The lowest BCUT2D eigenvalue weighted by Crippen LogP contribution is -2.06. The van der Waals surface area contributed by atoms with Gasteiger partial charge in [0.2, 0.25) is 0 Å². The van der Waals surface area contributed by atoms with Crippen LogP contribution in [0.3, 0.4) is 0 Å². The first kappa shape index (κ1) is 5.56. The van der Waals surface area contributed by atoms with Crippen molar-refractivity contribution < 1.29 is 0 Å². The minimum Gasteiger partial charge on any atom is -0.131 e. The van der Waals surface area contributed by atoms with Crippen LogP contribution in [0.15, 0.2) is 0 Å². The molecule has 0 heterocycles. The highest BCUT2D eigenvalue weighted by Gasteiger charge is 2.22. The summed E-state index contributed by atoms with van der Waals surface area (Å²) in [6.45, 7) is 2.32. The van der Waals surface area contributed by atoms with Crippen LogP contribution >= 0.6 is 9.24 Å². The van der Waals surface area contributed by atoms with E-state index in [0.29, 0.717) is 5.16 Å². The van der Waals surface area contributed by atoms with Crippen LogP contribution in [0.5, 0.6) is 0 Å². The first-order valence-electron chi connectivity index (χ1n) is 3.00. The molecular formula is C6H13P. The molecule has 0 aromatic heterocycles. The fourth-order valence-corrected chi connectivity index (χ4v) is 1.59. The van der Waals surface area contributed by atoms with E-state index in [9.17, 15) is 0 Å². The molecule has 42 valence electrons. The fourth-order valence-electron chi connectivity index (χ4n) is 1.18. The second-order valence-corrected chi connectivity index (χ2v) is 4.25. The Morgan fingerprint density at radius 1 is 1.29 bits per heavy atom. The zero-order valence-corrected chi connectivity index (χ0v) is 6.06. The van der Waals surface area contributed by atoms with Gasteiger partial charge in [0.25, 0.3) is 0 Å². The van der Waals surface area contributed by atoms with Gasteiger partial charge in [-0.2, -0.15) is 0 Å². The summed E-state index contributed by atoms with van der Waals surface area (Å²) in [5.74, 6) is 0. The molecule has 1 rings (SSSR count). The third kappa shape index (κ3) is 1.42. The Balaban J connectivity index is 2.40. The van der Waals surface area contributed by atoms with Crippen molar-refractivity contribution in [3.63, 3.8) is 0 Å². The van der Waals surface area contributed by atoms with Crippen LogP contribution < -0.4 is 0 Å². The van der Waals surface area contributed by atoms with E-state index in [2.05, 4.69) is 16.2 Å². The topological polar surface area (TPSA) is 0 Å². The summed E-state index contributed by atoms with van der Waals surface area (Å²) in [7, 11) is 2.93. The lowest BCUT2D eigenvalue weighted by Gasteiger charge is -2.13. The zero-order valence-electron chi connectivity index (χ0n) is 4.91. The average Bonchev–Trinajstić information content (AvgIpc) is 1.84. The van der Waals surface area contributed by atoms with Crippen LogP contribution in [0.4, 0.5) is 0 Å². The van der Waals surface area contributed by atoms with Gasteiger partial charge in [0.1, 0.15) is 0 Å². The molecule has 1 fully saturated rings. The molecule has 0 saturated heterocycles. The average molecular weight is 116 g/mol. The van der Waals surface area contributed by atoms with E-state index in [1.165, 1.54) is 25.7 Å². The molecule has 0 aromatic carbocycles. The van der Waals surface area contributed by atoms with E-state index in [-0.39, 0.29) is 0 Å². The van der Waals surface area contributed by atoms with Crippen LogP contribution in [0.1, 0.15) is 32.6 Å². The van der Waals surface area contributed by atoms with E-state index in [0.717, 1.165) is 0 Å². The predicted octanol–water partition coefficient (Wildman–Crippen LogP) is 2.19. The zero-order chi connectivity index (χ0) is 5.33. The lowest BCUT2D eigenvalue weighted by molar-refractivity contribution is 0.673. The third-order valence-electron chi connectivity index (χ3n) is 1.75. The standard InChI is InChI=1S/C6H13P/c1-6(7)4-2-3-5-6/h2-5,7H2,1H3. The Hall–Kier alpha value is 0.430. The highest BCUT2D eigenvalue weighted by Crippen LogP contribution is 2.36. The third-order valence-corrected chi connectivity index (χ3v) is 2.32. The second kappa shape index (κ2) is 1.74. The Kier molecular flexibility index (Phi) is 1.39. The number of hydrogen-bond donors (Lipinski definition) is 0. The normalized spacial score (nSPS) is 28.3. The summed E-state index contributed by atoms with van der Waals surface area (Å²) in [6.07, 6.45) is 5.72. The summed E-state index contributed by atoms with van der Waals surface area (Å²) in [4.78, 5) is 0. The van der Waals surface area contributed by atoms with E-state index < -0.39 is 0 Å². The molecule has 0 radical (unpaired) electrons. The van der Waals surface area contributed by atoms with Crippen molar-refractivity contribution in [1.82, 2.24) is 0 Å². The van der Waals surface area contributed by atoms with Gasteiger partial charge in [0.15, 0.2) is 0 Å². The monoisotopic (exact) mass is 116 g/mol. The van der Waals surface area contributed by atoms with Crippen LogP contribution in [0, 0.1) is 0 Å². The summed E-state index contributed by atoms with van der Waals surface area (Å²) >= 11 is 0. The number of hydrogen-bond acceptors (Lipinski definition) is 0. The van der Waals surface area contributed by atoms with E-state index in [4.69, 9.17) is 0 Å². The lowest BCUT2D eigenvalue weighted by atomic mass is 10.1. The maximum absolute atomic E-state index is 2.93. The van der Waals surface area contributed by atoms with Crippen LogP contribution in [0.25, 0.3) is 0 Å². The van der Waals surface area contributed by atoms with E-state index in [1.54, 1.807) is 0 Å². The van der Waals surface area contributed by atoms with Crippen LogP contribution in [0.2, 0.25) is 0 Å². The van der Waals surface area contributed by atoms with Gasteiger partial charge >= 0.3 is 0 Å². The van der Waals surface area contributed by atoms with Gasteiger partial charge in [-0.15, -0.1) is 9.24 Å². The maximum Gasteiger partial charge on any atom is -0.0178 e. The molecule has 1 atom stereocenters. The minimum atomic E-state index is 0.611. The van der Waals surface area contributed by atoms with Crippen LogP contribution in [-0.4, -0.2) is 5.16 Å². The van der Waals surface area contributed by atoms with Crippen molar-refractivity contribution in [2.75, 3.05) is 0 Å². The molecule has 1 heteroatoms. The maximum atomic E-state index is 2.93. The van der Waals surface area contributed by atoms with Crippen molar-refractivity contribution >= 4 is 9.24 Å². The van der Waals surface area contributed by atoms with Crippen molar-refractivity contribution in [3.05, 3.63) is 0 Å². The molecule has 1 unspecified atom stereocenters. The molecule has 1 saturated carbocycles. The van der Waals surface area contributed by atoms with E-state index >= 15 is 0 Å². The quantitative estimate of drug-likeness (QED) is 0.425. The van der Waals surface area contributed by atoms with Crippen molar-refractivity contribution in [1.29, 1.82) is 0 Å². The van der Waals surface area contributed by atoms with Crippen molar-refractivity contribution in [3.8, 4) is 0 Å². The molecule has 0 N–H and O–H groups in total. The SMILES string of the molecule is CC1(P)CCCC1. The van der Waals surface area contributed by atoms with Gasteiger partial charge in [-0.3, -0.25) is 0 Å². The first-order chi connectivity index (χ1) is 3.21. The largest absolute Gasteiger partial charge is 0.131 e. The highest BCUT2D eigenvalue weighted by molar-refractivity contribution is 7.18. The molecule has 0 amide bonds. The fraction of sp³-hybridized carbons (Fsp3) is 1.00. The summed E-state index contributed by atoms with van der Waals surface area (Å²) in [6, 6.07) is 0. The van der Waals surface area contributed by atoms with E-state index in [1.807, 2.05) is 0 Å². The van der Waals surface area contributed by atoms with Crippen LogP contribution in [-0.2, 0) is 0 Å². The molecule has 0 nitrogen and oxygen atoms in total. The van der Waals surface area contributed by atoms with Gasteiger partial charge in [0, 0.05) is 0 Å². The molecule has 0 aromatic rings. The first-order valence-corrected chi connectivity index (χ1v) is 3.57. The van der Waals surface area contributed by atoms with Crippen molar-refractivity contribution in [2.24, 2.45) is 0 Å². The Labute approximate surface area is 47.9 Å². The second-order valence-electron chi connectivity index (χ2n) is 2.86. The van der Waals surface area contributed by atoms with Crippen molar-refractivity contribution in [2.45, 2.75) is 37.8 Å². The van der Waals surface area contributed by atoms with Gasteiger partial charge in [-0.25, -0.2) is 0 Å². The summed E-state index contributed by atoms with van der Waals surface area (Å²) in [5, 5.41) is 0.611. The Morgan fingerprint density at radius 2 is 1.71 bits per heavy atom. The molecule has 7 heavy (non-hydrogen) atoms. The van der Waals surface area contributed by atoms with Gasteiger partial charge < -0.3 is 0 Å². The summed E-state index contributed by atoms with van der Waals surface area (Å²) < 4.78 is 0. The van der Waals surface area contributed by atoms with Gasteiger partial charge in [0.05, 0.1) is 0 Å². The molecule has 1 aliphatic rings. The Morgan fingerprint density at radius 3 is 1.86 bits per heavy atom. The highest BCUT2D eigenvalue weighted by atomic mass is 31.0. The minimum absolute atomic E-state index is 0.611. The number of rotatable bonds is 0. The van der Waals surface area contributed by atoms with Gasteiger partial charge in [-0.05, 0) is 18.0 Å². The summed E-state index contributed by atoms with van der Waals surface area (Å²) in [5.41, 5.74) is 0. The molecule has 0 aliphatic heterocycles. The molecular weight excluding hydrogens is 103 g/mol. The molecule has 1 aliphatic carbocycles. The predicted molar refractivity (Wildman–Crippen MR) is 36.6 cm³/mol. The molecule has 0 spiro atoms. The Bertz CT molecular complexity index is 58.6.